The van der Waals surface area contributed by atoms with E-state index in [1.54, 1.807) is 0 Å². The normalized spacial score (nSPS) is 12.4. The van der Waals surface area contributed by atoms with Crippen molar-refractivity contribution in [1.82, 2.24) is 0 Å². The Labute approximate surface area is 449 Å². The number of benzene rings is 9. The lowest BCUT2D eigenvalue weighted by Crippen LogP contribution is -2.61. The molecule has 0 N–H and O–H groups in total. The summed E-state index contributed by atoms with van der Waals surface area (Å²) in [7, 11) is 0. The van der Waals surface area contributed by atoms with Crippen LogP contribution in [0.2, 0.25) is 0 Å². The summed E-state index contributed by atoms with van der Waals surface area (Å²) in [4.78, 5) is 5.45. The van der Waals surface area contributed by atoms with Gasteiger partial charge in [0.05, 0.1) is 11.4 Å². The lowest BCUT2D eigenvalue weighted by atomic mass is 9.33. The van der Waals surface area contributed by atoms with Crippen molar-refractivity contribution in [1.29, 1.82) is 0 Å². The highest BCUT2D eigenvalue weighted by molar-refractivity contribution is 7.00. The number of fused-ring (bicyclic) bond motifs is 4. The minimum atomic E-state index is 0.0148. The monoisotopic (exact) mass is 977 g/mol. The van der Waals surface area contributed by atoms with Crippen molar-refractivity contribution in [3.05, 3.63) is 223 Å². The zero-order chi connectivity index (χ0) is 50.9. The van der Waals surface area contributed by atoms with E-state index < -0.39 is 0 Å². The van der Waals surface area contributed by atoms with Gasteiger partial charge in [-0.05, 0) is 118 Å². The molecule has 0 fully saturated rings. The van der Waals surface area contributed by atoms with Gasteiger partial charge < -0.3 is 9.80 Å². The topological polar surface area (TPSA) is 6.48 Å². The largest absolute Gasteiger partial charge is 0.310 e. The van der Waals surface area contributed by atoms with E-state index in [9.17, 15) is 0 Å². The van der Waals surface area contributed by atoms with Crippen LogP contribution in [-0.2, 0) is 19.3 Å². The molecule has 2 nitrogen and oxygen atoms in total. The molecule has 2 aliphatic heterocycles. The van der Waals surface area contributed by atoms with Gasteiger partial charge in [-0.1, -0.05) is 261 Å². The van der Waals surface area contributed by atoms with Gasteiger partial charge in [0.25, 0.3) is 6.71 Å². The number of para-hydroxylation sites is 2. The van der Waals surface area contributed by atoms with Gasteiger partial charge in [-0.15, -0.1) is 0 Å². The van der Waals surface area contributed by atoms with Gasteiger partial charge in [-0.2, -0.15) is 0 Å². The van der Waals surface area contributed by atoms with E-state index in [0.29, 0.717) is 0 Å². The lowest BCUT2D eigenvalue weighted by molar-refractivity contribution is 0.667. The second kappa shape index (κ2) is 23.5. The molecule has 0 atom stereocenters. The predicted molar refractivity (Wildman–Crippen MR) is 326 cm³/mol. The van der Waals surface area contributed by atoms with Crippen LogP contribution in [0.15, 0.2) is 206 Å². The van der Waals surface area contributed by atoms with Gasteiger partial charge in [0.15, 0.2) is 0 Å². The van der Waals surface area contributed by atoms with E-state index in [1.807, 2.05) is 0 Å². The van der Waals surface area contributed by atoms with Crippen LogP contribution in [0.5, 0.6) is 0 Å². The minimum Gasteiger partial charge on any atom is -0.310 e. The molecule has 2 heterocycles. The maximum Gasteiger partial charge on any atom is 0.252 e. The van der Waals surface area contributed by atoms with Crippen molar-refractivity contribution in [2.45, 2.75) is 117 Å². The molecule has 0 aromatic heterocycles. The second-order valence-electron chi connectivity index (χ2n) is 21.2. The molecule has 9 aromatic carbocycles. The summed E-state index contributed by atoms with van der Waals surface area (Å²) in [6.45, 7) is 6.98. The summed E-state index contributed by atoms with van der Waals surface area (Å²) in [6.07, 6.45) is 17.9. The Morgan fingerprint density at radius 2 is 0.627 bits per heavy atom. The fraction of sp³-hybridized carbons (Fsp3) is 0.250. The van der Waals surface area contributed by atoms with Gasteiger partial charge in [0.1, 0.15) is 0 Å². The Morgan fingerprint density at radius 1 is 0.293 bits per heavy atom. The maximum atomic E-state index is 2.73. The first-order valence-electron chi connectivity index (χ1n) is 28.7. The molecule has 0 aliphatic carbocycles. The average molecular weight is 977 g/mol. The van der Waals surface area contributed by atoms with E-state index in [0.717, 1.165) is 25.7 Å². The average Bonchev–Trinajstić information content (AvgIpc) is 3.47. The molecule has 0 unspecified atom stereocenters. The van der Waals surface area contributed by atoms with E-state index in [-0.39, 0.29) is 6.71 Å². The van der Waals surface area contributed by atoms with Gasteiger partial charge in [0.2, 0.25) is 0 Å². The van der Waals surface area contributed by atoms with Crippen LogP contribution in [-0.4, -0.2) is 6.71 Å². The van der Waals surface area contributed by atoms with Gasteiger partial charge in [-0.25, -0.2) is 0 Å². The summed E-state index contributed by atoms with van der Waals surface area (Å²) < 4.78 is 0. The van der Waals surface area contributed by atoms with E-state index >= 15 is 0 Å². The molecule has 0 bridgehead atoms. The van der Waals surface area contributed by atoms with Crippen LogP contribution in [0.1, 0.15) is 115 Å². The standard InChI is InChI=1S/C72H73BN2/c1-4-7-10-17-30-53-45-47-66-64(49-53)73-65-50-54(31-18-11-8-5-2)46-48-67(65)75(72-62(58-37-24-15-25-38-58)43-29-44-63(72)59-39-26-16-27-40-59)69-52-55(32-19-12-9-6-3)51-68(70(69)73)74(66)71-60(56-33-20-13-21-34-56)41-28-42-61(71)57-35-22-14-23-36-57/h13-16,20-29,33-52H,4-12,17-19,30-32H2,1-3H3. The van der Waals surface area contributed by atoms with Crippen LogP contribution in [0.4, 0.5) is 34.1 Å². The lowest BCUT2D eigenvalue weighted by Gasteiger charge is -2.46. The Morgan fingerprint density at radius 3 is 0.960 bits per heavy atom. The first-order chi connectivity index (χ1) is 37.1. The fourth-order valence-corrected chi connectivity index (χ4v) is 12.3. The Bertz CT molecular complexity index is 3010. The van der Waals surface area contributed by atoms with Crippen molar-refractivity contribution < 1.29 is 0 Å². The number of aryl methyl sites for hydroxylation is 3. The van der Waals surface area contributed by atoms with Crippen molar-refractivity contribution in [3.8, 4) is 44.5 Å². The van der Waals surface area contributed by atoms with Crippen LogP contribution < -0.4 is 26.2 Å². The van der Waals surface area contributed by atoms with Crippen LogP contribution >= 0.6 is 0 Å². The van der Waals surface area contributed by atoms with Gasteiger partial charge in [-0.3, -0.25) is 0 Å². The molecule has 0 saturated heterocycles. The molecule has 0 radical (unpaired) electrons. The number of hydrogen-bond donors (Lipinski definition) is 0. The SMILES string of the molecule is CCCCCCc1ccc2c(c1)B1c3cc(CCCCCC)ccc3N(c3c(-c4ccccc4)cccc3-c3ccccc3)c3cc(CCCCCC)cc(c31)N2c1c(-c2ccccc2)cccc1-c1ccccc1. The molecule has 0 saturated carbocycles. The van der Waals surface area contributed by atoms with Crippen LogP contribution in [0.3, 0.4) is 0 Å². The van der Waals surface area contributed by atoms with Crippen LogP contribution in [0, 0.1) is 0 Å². The Balaban J connectivity index is 1.27. The first kappa shape index (κ1) is 49.8. The van der Waals surface area contributed by atoms with Crippen molar-refractivity contribution in [3.63, 3.8) is 0 Å². The minimum absolute atomic E-state index is 0.0148. The van der Waals surface area contributed by atoms with Crippen LogP contribution in [0.25, 0.3) is 44.5 Å². The quantitative estimate of drug-likeness (QED) is 0.0523. The molecule has 9 aromatic rings. The number of unbranched alkanes of at least 4 members (excludes halogenated alkanes) is 9. The summed E-state index contributed by atoms with van der Waals surface area (Å²) in [6, 6.07) is 79.0. The van der Waals surface area contributed by atoms with Crippen molar-refractivity contribution >= 4 is 57.2 Å². The van der Waals surface area contributed by atoms with Crippen molar-refractivity contribution in [2.75, 3.05) is 9.80 Å². The zero-order valence-electron chi connectivity index (χ0n) is 44.7. The number of anilines is 6. The predicted octanol–water partition coefficient (Wildman–Crippen LogP) is 18.8. The Hall–Kier alpha value is -7.36. The molecule has 2 aliphatic rings. The molecule has 0 amide bonds. The first-order valence-corrected chi connectivity index (χ1v) is 28.7. The molecular weight excluding hydrogens is 904 g/mol. The number of nitrogens with zero attached hydrogens (tertiary/aromatic N) is 2. The third kappa shape index (κ3) is 10.3. The van der Waals surface area contributed by atoms with E-state index in [1.165, 1.54) is 182 Å². The highest BCUT2D eigenvalue weighted by Crippen LogP contribution is 2.53. The molecule has 0 spiro atoms. The summed E-state index contributed by atoms with van der Waals surface area (Å²) in [5.41, 5.74) is 25.8. The molecule has 374 valence electrons. The highest BCUT2D eigenvalue weighted by atomic mass is 15.2. The highest BCUT2D eigenvalue weighted by Gasteiger charge is 2.45. The van der Waals surface area contributed by atoms with E-state index in [2.05, 4.69) is 237 Å². The smallest absolute Gasteiger partial charge is 0.252 e. The summed E-state index contributed by atoms with van der Waals surface area (Å²) in [5, 5.41) is 0. The zero-order valence-corrected chi connectivity index (χ0v) is 44.7. The molecule has 3 heteroatoms. The summed E-state index contributed by atoms with van der Waals surface area (Å²) in [5.74, 6) is 0. The van der Waals surface area contributed by atoms with E-state index in [4.69, 9.17) is 0 Å². The maximum absolute atomic E-state index is 2.73. The molecular formula is C72H73BN2. The second-order valence-corrected chi connectivity index (χ2v) is 21.2. The Kier molecular flexibility index (Phi) is 15.6. The third-order valence-electron chi connectivity index (χ3n) is 16.1. The van der Waals surface area contributed by atoms with Crippen molar-refractivity contribution in [2.24, 2.45) is 0 Å². The third-order valence-corrected chi connectivity index (χ3v) is 16.1. The molecule has 11 rings (SSSR count). The number of rotatable bonds is 21. The van der Waals surface area contributed by atoms with Gasteiger partial charge >= 0.3 is 0 Å². The number of hydrogen-bond acceptors (Lipinski definition) is 2. The fourth-order valence-electron chi connectivity index (χ4n) is 12.3. The molecule has 75 heavy (non-hydrogen) atoms. The summed E-state index contributed by atoms with van der Waals surface area (Å²) >= 11 is 0. The van der Waals surface area contributed by atoms with Gasteiger partial charge in [0, 0.05) is 45.0 Å².